The number of aromatic nitrogens is 4. The zero-order chi connectivity index (χ0) is 13.4. The second-order valence-electron chi connectivity index (χ2n) is 5.46. The molecule has 0 aliphatic carbocycles. The lowest BCUT2D eigenvalue weighted by molar-refractivity contribution is 0.233. The Bertz CT molecular complexity index is 568. The molecule has 2 aromatic rings. The molecule has 0 radical (unpaired) electrons. The molecule has 0 bridgehead atoms. The Morgan fingerprint density at radius 3 is 2.84 bits per heavy atom. The second-order valence-corrected chi connectivity index (χ2v) is 5.46. The Kier molecular flexibility index (Phi) is 3.14. The van der Waals surface area contributed by atoms with Crippen LogP contribution in [0.2, 0.25) is 0 Å². The highest BCUT2D eigenvalue weighted by molar-refractivity contribution is 5.09. The van der Waals surface area contributed by atoms with Gasteiger partial charge in [0, 0.05) is 33.0 Å². The van der Waals surface area contributed by atoms with Gasteiger partial charge in [-0.25, -0.2) is 4.98 Å². The van der Waals surface area contributed by atoms with Crippen molar-refractivity contribution in [3.05, 3.63) is 35.7 Å². The van der Waals surface area contributed by atoms with Crippen molar-refractivity contribution in [3.63, 3.8) is 0 Å². The zero-order valence-corrected chi connectivity index (χ0v) is 11.9. The Hall–Kier alpha value is -1.62. The Labute approximate surface area is 113 Å². The average molecular weight is 259 g/mol. The highest BCUT2D eigenvalue weighted by Crippen LogP contribution is 2.32. The Morgan fingerprint density at radius 2 is 2.21 bits per heavy atom. The van der Waals surface area contributed by atoms with Crippen LogP contribution in [-0.2, 0) is 20.6 Å². The third kappa shape index (κ3) is 2.42. The summed E-state index contributed by atoms with van der Waals surface area (Å²) in [6.07, 6.45) is 6.54. The molecule has 1 atom stereocenters. The predicted octanol–water partition coefficient (Wildman–Crippen LogP) is 1.80. The van der Waals surface area contributed by atoms with E-state index in [4.69, 9.17) is 0 Å². The highest BCUT2D eigenvalue weighted by Gasteiger charge is 2.29. The molecule has 102 valence electrons. The lowest BCUT2D eigenvalue weighted by atomic mass is 10.2. The van der Waals surface area contributed by atoms with Gasteiger partial charge in [0.05, 0.1) is 17.4 Å². The lowest BCUT2D eigenvalue weighted by Gasteiger charge is -2.23. The summed E-state index contributed by atoms with van der Waals surface area (Å²) < 4.78 is 4.03. The van der Waals surface area contributed by atoms with Crippen LogP contribution in [-0.4, -0.2) is 30.8 Å². The van der Waals surface area contributed by atoms with Gasteiger partial charge < -0.3 is 4.57 Å². The predicted molar refractivity (Wildman–Crippen MR) is 73.5 cm³/mol. The molecule has 5 heteroatoms. The van der Waals surface area contributed by atoms with Gasteiger partial charge >= 0.3 is 0 Å². The monoisotopic (exact) mass is 259 g/mol. The van der Waals surface area contributed by atoms with Crippen molar-refractivity contribution in [3.8, 4) is 0 Å². The molecule has 0 unspecified atom stereocenters. The molecule has 2 aromatic heterocycles. The van der Waals surface area contributed by atoms with Crippen molar-refractivity contribution in [1.29, 1.82) is 0 Å². The number of aryl methyl sites for hydroxylation is 3. The standard InChI is InChI=1S/C14H21N5/c1-11-9-17(2)14(15-11)13-5-4-7-19(13)10-12-6-8-18(3)16-12/h6,8-9,13H,4-5,7,10H2,1-3H3/t13-/m0/s1. The smallest absolute Gasteiger partial charge is 0.126 e. The minimum Gasteiger partial charge on any atom is -0.336 e. The van der Waals surface area contributed by atoms with Gasteiger partial charge in [-0.15, -0.1) is 0 Å². The quantitative estimate of drug-likeness (QED) is 0.843. The molecule has 1 aliphatic rings. The van der Waals surface area contributed by atoms with E-state index in [1.54, 1.807) is 0 Å². The first-order valence-corrected chi connectivity index (χ1v) is 6.86. The summed E-state index contributed by atoms with van der Waals surface area (Å²) in [6.45, 7) is 4.10. The van der Waals surface area contributed by atoms with Crippen molar-refractivity contribution in [2.75, 3.05) is 6.54 Å². The van der Waals surface area contributed by atoms with Crippen LogP contribution in [0.15, 0.2) is 18.5 Å². The number of rotatable bonds is 3. The van der Waals surface area contributed by atoms with Crippen LogP contribution in [0.5, 0.6) is 0 Å². The normalized spacial score (nSPS) is 20.3. The van der Waals surface area contributed by atoms with E-state index in [1.165, 1.54) is 18.7 Å². The van der Waals surface area contributed by atoms with Crippen molar-refractivity contribution in [2.24, 2.45) is 14.1 Å². The maximum atomic E-state index is 4.68. The summed E-state index contributed by atoms with van der Waals surface area (Å²) in [5.74, 6) is 1.19. The minimum absolute atomic E-state index is 0.431. The van der Waals surface area contributed by atoms with Gasteiger partial charge in [0.1, 0.15) is 5.82 Å². The number of imidazole rings is 1. The van der Waals surface area contributed by atoms with E-state index in [9.17, 15) is 0 Å². The molecule has 3 heterocycles. The number of hydrogen-bond donors (Lipinski definition) is 0. The van der Waals surface area contributed by atoms with Gasteiger partial charge in [0.25, 0.3) is 0 Å². The first-order chi connectivity index (χ1) is 9.13. The van der Waals surface area contributed by atoms with Crippen molar-refractivity contribution in [1.82, 2.24) is 24.2 Å². The van der Waals surface area contributed by atoms with E-state index < -0.39 is 0 Å². The second kappa shape index (κ2) is 4.81. The number of likely N-dealkylation sites (tertiary alicyclic amines) is 1. The van der Waals surface area contributed by atoms with Crippen molar-refractivity contribution in [2.45, 2.75) is 32.4 Å². The molecule has 1 saturated heterocycles. The summed E-state index contributed by atoms with van der Waals surface area (Å²) in [4.78, 5) is 7.18. The van der Waals surface area contributed by atoms with Gasteiger partial charge in [-0.2, -0.15) is 5.10 Å². The molecule has 0 saturated carbocycles. The molecule has 0 spiro atoms. The highest BCUT2D eigenvalue weighted by atomic mass is 15.3. The van der Waals surface area contributed by atoms with Gasteiger partial charge in [-0.3, -0.25) is 9.58 Å². The SMILES string of the molecule is Cc1cn(C)c([C@@H]2CCCN2Cc2ccn(C)n2)n1. The molecular weight excluding hydrogens is 238 g/mol. The average Bonchev–Trinajstić information content (AvgIpc) is 3.02. The fourth-order valence-corrected chi connectivity index (χ4v) is 3.01. The summed E-state index contributed by atoms with van der Waals surface area (Å²) >= 11 is 0. The lowest BCUT2D eigenvalue weighted by Crippen LogP contribution is -2.25. The molecule has 1 aliphatic heterocycles. The largest absolute Gasteiger partial charge is 0.336 e. The maximum Gasteiger partial charge on any atom is 0.126 e. The van der Waals surface area contributed by atoms with Crippen LogP contribution in [0.3, 0.4) is 0 Å². The molecular formula is C14H21N5. The Morgan fingerprint density at radius 1 is 1.37 bits per heavy atom. The summed E-state index contributed by atoms with van der Waals surface area (Å²) in [6, 6.07) is 2.53. The van der Waals surface area contributed by atoms with E-state index in [1.807, 2.05) is 17.9 Å². The van der Waals surface area contributed by atoms with E-state index in [0.717, 1.165) is 24.5 Å². The first-order valence-electron chi connectivity index (χ1n) is 6.86. The van der Waals surface area contributed by atoms with E-state index in [-0.39, 0.29) is 0 Å². The van der Waals surface area contributed by atoms with Gasteiger partial charge in [0.15, 0.2) is 0 Å². The van der Waals surface area contributed by atoms with Gasteiger partial charge in [0.2, 0.25) is 0 Å². The van der Waals surface area contributed by atoms with Gasteiger partial charge in [-0.1, -0.05) is 0 Å². The summed E-state index contributed by atoms with van der Waals surface area (Å²) in [7, 11) is 4.06. The molecule has 19 heavy (non-hydrogen) atoms. The number of nitrogens with zero attached hydrogens (tertiary/aromatic N) is 5. The van der Waals surface area contributed by atoms with E-state index >= 15 is 0 Å². The van der Waals surface area contributed by atoms with Crippen LogP contribution in [0.25, 0.3) is 0 Å². The van der Waals surface area contributed by atoms with Gasteiger partial charge in [-0.05, 0) is 32.4 Å². The molecule has 5 nitrogen and oxygen atoms in total. The topological polar surface area (TPSA) is 38.9 Å². The number of hydrogen-bond acceptors (Lipinski definition) is 3. The minimum atomic E-state index is 0.431. The third-order valence-corrected chi connectivity index (χ3v) is 3.83. The Balaban J connectivity index is 1.79. The molecule has 0 aromatic carbocycles. The molecule has 0 amide bonds. The zero-order valence-electron chi connectivity index (χ0n) is 11.9. The van der Waals surface area contributed by atoms with Crippen LogP contribution in [0.4, 0.5) is 0 Å². The molecule has 3 rings (SSSR count). The summed E-state index contributed by atoms with van der Waals surface area (Å²) in [5, 5.41) is 4.48. The van der Waals surface area contributed by atoms with Crippen LogP contribution >= 0.6 is 0 Å². The van der Waals surface area contributed by atoms with Crippen LogP contribution in [0, 0.1) is 6.92 Å². The fraction of sp³-hybridized carbons (Fsp3) is 0.571. The van der Waals surface area contributed by atoms with Crippen LogP contribution in [0.1, 0.15) is 36.1 Å². The molecule has 1 fully saturated rings. The van der Waals surface area contributed by atoms with Crippen LogP contribution < -0.4 is 0 Å². The van der Waals surface area contributed by atoms with Crippen molar-refractivity contribution < 1.29 is 0 Å². The third-order valence-electron chi connectivity index (χ3n) is 3.83. The molecule has 0 N–H and O–H groups in total. The van der Waals surface area contributed by atoms with E-state index in [0.29, 0.717) is 6.04 Å². The first kappa shape index (κ1) is 12.4. The fourth-order valence-electron chi connectivity index (χ4n) is 3.01. The maximum absolute atomic E-state index is 4.68. The summed E-state index contributed by atoms with van der Waals surface area (Å²) in [5.41, 5.74) is 2.24. The van der Waals surface area contributed by atoms with Crippen molar-refractivity contribution >= 4 is 0 Å². The van der Waals surface area contributed by atoms with E-state index in [2.05, 4.69) is 45.8 Å².